The van der Waals surface area contributed by atoms with Crippen LogP contribution in [0.4, 0.5) is 10.1 Å². The molecule has 0 unspecified atom stereocenters. The van der Waals surface area contributed by atoms with E-state index < -0.39 is 39.2 Å². The van der Waals surface area contributed by atoms with Crippen LogP contribution in [-0.2, 0) is 19.6 Å². The Labute approximate surface area is 191 Å². The Kier molecular flexibility index (Phi) is 6.71. The second-order valence-corrected chi connectivity index (χ2v) is 9.70. The predicted molar refractivity (Wildman–Crippen MR) is 122 cm³/mol. The van der Waals surface area contributed by atoms with Crippen molar-refractivity contribution in [1.82, 2.24) is 4.31 Å². The number of hydrogen-bond donors (Lipinski definition) is 1. The van der Waals surface area contributed by atoms with Gasteiger partial charge in [0.25, 0.3) is 5.91 Å². The van der Waals surface area contributed by atoms with Crippen molar-refractivity contribution in [2.75, 3.05) is 25.0 Å². The summed E-state index contributed by atoms with van der Waals surface area (Å²) in [5, 5.41) is 4.62. The van der Waals surface area contributed by atoms with Gasteiger partial charge in [0.2, 0.25) is 10.0 Å². The summed E-state index contributed by atoms with van der Waals surface area (Å²) in [6.07, 6.45) is 2.33. The van der Waals surface area contributed by atoms with E-state index in [1.165, 1.54) is 4.31 Å². The molecule has 7 nitrogen and oxygen atoms in total. The van der Waals surface area contributed by atoms with E-state index in [2.05, 4.69) is 5.32 Å². The van der Waals surface area contributed by atoms with Gasteiger partial charge in [-0.1, -0.05) is 36.8 Å². The average molecular weight is 471 g/mol. The van der Waals surface area contributed by atoms with Gasteiger partial charge in [-0.2, -0.15) is 4.31 Å². The molecule has 1 N–H and O–H groups in total. The summed E-state index contributed by atoms with van der Waals surface area (Å²) in [5.74, 6) is -2.41. The van der Waals surface area contributed by atoms with Crippen LogP contribution in [0.5, 0.6) is 0 Å². The fourth-order valence-corrected chi connectivity index (χ4v) is 5.36. The molecule has 1 amide bonds. The van der Waals surface area contributed by atoms with Gasteiger partial charge in [0.05, 0.1) is 5.56 Å². The van der Waals surface area contributed by atoms with Crippen molar-refractivity contribution >= 4 is 38.4 Å². The molecular weight excluding hydrogens is 447 g/mol. The first-order valence-electron chi connectivity index (χ1n) is 10.6. The van der Waals surface area contributed by atoms with E-state index in [-0.39, 0.29) is 5.56 Å². The lowest BCUT2D eigenvalue weighted by Gasteiger charge is -2.26. The van der Waals surface area contributed by atoms with Crippen LogP contribution in [0.15, 0.2) is 65.6 Å². The Hall–Kier alpha value is -3.30. The van der Waals surface area contributed by atoms with Crippen LogP contribution in [0.1, 0.15) is 29.6 Å². The number of halogens is 1. The van der Waals surface area contributed by atoms with Crippen LogP contribution in [0.3, 0.4) is 0 Å². The number of rotatable bonds is 6. The summed E-state index contributed by atoms with van der Waals surface area (Å²) in [4.78, 5) is 24.1. The lowest BCUT2D eigenvalue weighted by atomic mass is 10.1. The number of nitrogens with zero attached hydrogens (tertiary/aromatic N) is 1. The molecule has 0 atom stereocenters. The molecule has 1 heterocycles. The summed E-state index contributed by atoms with van der Waals surface area (Å²) < 4.78 is 46.2. The summed E-state index contributed by atoms with van der Waals surface area (Å²) in [7, 11) is -4.07. The van der Waals surface area contributed by atoms with Crippen molar-refractivity contribution in [3.63, 3.8) is 0 Å². The van der Waals surface area contributed by atoms with E-state index in [4.69, 9.17) is 4.74 Å². The molecule has 0 aromatic heterocycles. The molecule has 9 heteroatoms. The van der Waals surface area contributed by atoms with Gasteiger partial charge in [-0.3, -0.25) is 4.79 Å². The fraction of sp³-hybridized carbons (Fsp3) is 0.250. The van der Waals surface area contributed by atoms with Crippen LogP contribution in [-0.4, -0.2) is 44.3 Å². The summed E-state index contributed by atoms with van der Waals surface area (Å²) in [5.41, 5.74) is 0.400. The summed E-state index contributed by atoms with van der Waals surface area (Å²) in [6.45, 7) is 0.0496. The van der Waals surface area contributed by atoms with Gasteiger partial charge < -0.3 is 10.1 Å². The quantitative estimate of drug-likeness (QED) is 0.551. The molecule has 1 fully saturated rings. The number of amides is 1. The van der Waals surface area contributed by atoms with Crippen molar-refractivity contribution < 1.29 is 27.1 Å². The van der Waals surface area contributed by atoms with Crippen LogP contribution in [0, 0.1) is 5.82 Å². The number of nitrogens with one attached hydrogen (secondary N) is 1. The van der Waals surface area contributed by atoms with E-state index in [9.17, 15) is 22.4 Å². The van der Waals surface area contributed by atoms with Gasteiger partial charge in [0, 0.05) is 18.8 Å². The normalized spacial score (nSPS) is 14.7. The highest BCUT2D eigenvalue weighted by molar-refractivity contribution is 7.89. The van der Waals surface area contributed by atoms with Crippen LogP contribution >= 0.6 is 0 Å². The number of ether oxygens (including phenoxy) is 1. The number of carbonyl (C=O) groups is 2. The van der Waals surface area contributed by atoms with Gasteiger partial charge in [0.15, 0.2) is 6.61 Å². The highest BCUT2D eigenvalue weighted by atomic mass is 32.2. The molecule has 33 heavy (non-hydrogen) atoms. The van der Waals surface area contributed by atoms with Crippen molar-refractivity contribution in [3.8, 4) is 0 Å². The number of esters is 1. The van der Waals surface area contributed by atoms with Crippen LogP contribution in [0.25, 0.3) is 10.8 Å². The largest absolute Gasteiger partial charge is 0.452 e. The zero-order chi connectivity index (χ0) is 23.4. The molecule has 3 aromatic carbocycles. The number of fused-ring (bicyclic) bond motifs is 1. The summed E-state index contributed by atoms with van der Waals surface area (Å²) in [6, 6.07) is 16.1. The van der Waals surface area contributed by atoms with Gasteiger partial charge in [-0.15, -0.1) is 0 Å². The molecule has 1 aliphatic rings. The number of carbonyl (C=O) groups excluding carboxylic acids is 2. The highest BCUT2D eigenvalue weighted by Gasteiger charge is 2.29. The topological polar surface area (TPSA) is 92.8 Å². The van der Waals surface area contributed by atoms with Gasteiger partial charge in [0.1, 0.15) is 10.7 Å². The van der Waals surface area contributed by atoms with Gasteiger partial charge in [-0.25, -0.2) is 17.6 Å². The maximum Gasteiger partial charge on any atom is 0.338 e. The van der Waals surface area contributed by atoms with Crippen molar-refractivity contribution in [1.29, 1.82) is 0 Å². The third kappa shape index (κ3) is 5.20. The SMILES string of the molecule is O=C(COC(=O)c1ccc(F)c(S(=O)(=O)N2CCCCC2)c1)Nc1ccc2ccccc2c1. The van der Waals surface area contributed by atoms with E-state index in [1.54, 1.807) is 12.1 Å². The molecular formula is C24H23FN2O5S. The second-order valence-electron chi connectivity index (χ2n) is 7.80. The first-order valence-corrected chi connectivity index (χ1v) is 12.0. The minimum absolute atomic E-state index is 0.148. The smallest absolute Gasteiger partial charge is 0.338 e. The standard InChI is InChI=1S/C24H23FN2O5S/c25-21-11-9-19(15-22(21)33(30,31)27-12-4-1-5-13-27)24(29)32-16-23(28)26-20-10-8-17-6-2-3-7-18(17)14-20/h2-3,6-11,14-15H,1,4-5,12-13,16H2,(H,26,28). The van der Waals surface area contributed by atoms with Crippen molar-refractivity contribution in [3.05, 3.63) is 72.0 Å². The lowest BCUT2D eigenvalue weighted by Crippen LogP contribution is -2.36. The predicted octanol–water partition coefficient (Wildman–Crippen LogP) is 3.95. The van der Waals surface area contributed by atoms with Crippen molar-refractivity contribution in [2.45, 2.75) is 24.2 Å². The molecule has 1 saturated heterocycles. The second kappa shape index (κ2) is 9.68. The van der Waals surface area contributed by atoms with Crippen molar-refractivity contribution in [2.24, 2.45) is 0 Å². The monoisotopic (exact) mass is 470 g/mol. The molecule has 0 spiro atoms. The molecule has 0 radical (unpaired) electrons. The lowest BCUT2D eigenvalue weighted by molar-refractivity contribution is -0.119. The molecule has 3 aromatic rings. The number of piperidine rings is 1. The Bertz CT molecular complexity index is 1300. The molecule has 0 aliphatic carbocycles. The van der Waals surface area contributed by atoms with Gasteiger partial charge >= 0.3 is 5.97 Å². The molecule has 172 valence electrons. The average Bonchev–Trinajstić information content (AvgIpc) is 2.83. The first kappa shape index (κ1) is 22.9. The Morgan fingerprint density at radius 2 is 1.67 bits per heavy atom. The Balaban J connectivity index is 1.41. The number of sulfonamides is 1. The zero-order valence-corrected chi connectivity index (χ0v) is 18.6. The minimum atomic E-state index is -4.07. The van der Waals surface area contributed by atoms with E-state index >= 15 is 0 Å². The third-order valence-corrected chi connectivity index (χ3v) is 7.38. The Morgan fingerprint density at radius 1 is 0.939 bits per heavy atom. The van der Waals surface area contributed by atoms with E-state index in [1.807, 2.05) is 30.3 Å². The number of anilines is 1. The maximum absolute atomic E-state index is 14.3. The maximum atomic E-state index is 14.3. The fourth-order valence-electron chi connectivity index (χ4n) is 3.75. The van der Waals surface area contributed by atoms with Crippen LogP contribution in [0.2, 0.25) is 0 Å². The van der Waals surface area contributed by atoms with Gasteiger partial charge in [-0.05, 0) is 53.9 Å². The Morgan fingerprint density at radius 3 is 2.42 bits per heavy atom. The molecule has 1 aliphatic heterocycles. The summed E-state index contributed by atoms with van der Waals surface area (Å²) >= 11 is 0. The minimum Gasteiger partial charge on any atom is -0.452 e. The zero-order valence-electron chi connectivity index (χ0n) is 17.8. The third-order valence-electron chi connectivity index (χ3n) is 5.47. The van der Waals surface area contributed by atoms with Crippen LogP contribution < -0.4 is 5.32 Å². The number of benzene rings is 3. The first-order chi connectivity index (χ1) is 15.8. The number of hydrogen-bond acceptors (Lipinski definition) is 5. The van der Waals surface area contributed by atoms with E-state index in [0.717, 1.165) is 35.4 Å². The highest BCUT2D eigenvalue weighted by Crippen LogP contribution is 2.24. The molecule has 4 rings (SSSR count). The molecule has 0 bridgehead atoms. The van der Waals surface area contributed by atoms with E-state index in [0.29, 0.717) is 31.6 Å². The molecule has 0 saturated carbocycles.